The lowest BCUT2D eigenvalue weighted by Gasteiger charge is -2.20. The van der Waals surface area contributed by atoms with Crippen LogP contribution in [0, 0.1) is 0 Å². The number of imidazole rings is 1. The third kappa shape index (κ3) is 2.03. The molecule has 0 radical (unpaired) electrons. The molecule has 1 aliphatic rings. The molecule has 3 aromatic rings. The Morgan fingerprint density at radius 3 is 2.87 bits per heavy atom. The van der Waals surface area contributed by atoms with Crippen molar-refractivity contribution in [3.63, 3.8) is 0 Å². The molecule has 0 saturated carbocycles. The Balaban J connectivity index is 2.25. The topological polar surface area (TPSA) is 86.2 Å². The van der Waals surface area contributed by atoms with E-state index in [0.717, 1.165) is 11.3 Å². The number of hydrogen-bond donors (Lipinski definition) is 2. The summed E-state index contributed by atoms with van der Waals surface area (Å²) in [6.07, 6.45) is 0. The Kier molecular flexibility index (Phi) is 2.81. The number of pyridine rings is 1. The second kappa shape index (κ2) is 4.55. The van der Waals surface area contributed by atoms with Crippen molar-refractivity contribution in [2.24, 2.45) is 0 Å². The Bertz CT molecular complexity index is 943. The highest BCUT2D eigenvalue weighted by Gasteiger charge is 2.28. The summed E-state index contributed by atoms with van der Waals surface area (Å²) in [4.78, 5) is 8.83. The lowest BCUT2D eigenvalue weighted by atomic mass is 9.94. The monoisotopic (exact) mass is 316 g/mol. The average Bonchev–Trinajstić information content (AvgIpc) is 2.85. The van der Waals surface area contributed by atoms with E-state index in [-0.39, 0.29) is 11.6 Å². The molecule has 0 spiro atoms. The van der Waals surface area contributed by atoms with Crippen molar-refractivity contribution in [2.45, 2.75) is 32.7 Å². The number of benzene rings is 1. The molecule has 3 heterocycles. The highest BCUT2D eigenvalue weighted by Crippen LogP contribution is 2.39. The highest BCUT2D eigenvalue weighted by atomic mass is 19.1. The van der Waals surface area contributed by atoms with Crippen molar-refractivity contribution in [3.05, 3.63) is 23.5 Å². The molecule has 1 aromatic carbocycles. The number of aromatic nitrogens is 3. The highest BCUT2D eigenvalue weighted by molar-refractivity contribution is 6.09. The van der Waals surface area contributed by atoms with Crippen molar-refractivity contribution in [2.75, 3.05) is 12.3 Å². The van der Waals surface area contributed by atoms with E-state index in [1.54, 1.807) is 0 Å². The minimum Gasteiger partial charge on any atom is -0.508 e. The molecule has 0 bridgehead atoms. The predicted octanol–water partition coefficient (Wildman–Crippen LogP) is 2.61. The Morgan fingerprint density at radius 2 is 2.13 bits per heavy atom. The maximum atomic E-state index is 14.8. The number of rotatable bonds is 1. The Hall–Kier alpha value is -2.41. The minimum absolute atomic E-state index is 0.0359. The molecule has 0 amide bonds. The van der Waals surface area contributed by atoms with Crippen LogP contribution in [0.25, 0.3) is 21.9 Å². The van der Waals surface area contributed by atoms with Gasteiger partial charge < -0.3 is 20.1 Å². The molecule has 0 unspecified atom stereocenters. The van der Waals surface area contributed by atoms with E-state index in [4.69, 9.17) is 10.5 Å². The molecule has 3 N–H and O–H groups in total. The fourth-order valence-electron chi connectivity index (χ4n) is 3.20. The summed E-state index contributed by atoms with van der Waals surface area (Å²) in [5.41, 5.74) is 6.54. The first-order valence-electron chi connectivity index (χ1n) is 7.44. The van der Waals surface area contributed by atoms with Gasteiger partial charge in [0.15, 0.2) is 5.82 Å². The van der Waals surface area contributed by atoms with Crippen LogP contribution in [0.4, 0.5) is 10.2 Å². The molecular weight excluding hydrogens is 299 g/mol. The lowest BCUT2D eigenvalue weighted by Crippen LogP contribution is -2.17. The van der Waals surface area contributed by atoms with Crippen LogP contribution in [0.3, 0.4) is 0 Å². The maximum absolute atomic E-state index is 14.8. The molecule has 0 fully saturated rings. The second-order valence-corrected chi connectivity index (χ2v) is 6.29. The lowest BCUT2D eigenvalue weighted by molar-refractivity contribution is 0.0831. The van der Waals surface area contributed by atoms with Crippen molar-refractivity contribution >= 4 is 27.8 Å². The van der Waals surface area contributed by atoms with Gasteiger partial charge in [-0.1, -0.05) is 0 Å². The van der Waals surface area contributed by atoms with E-state index in [1.807, 2.05) is 4.57 Å². The van der Waals surface area contributed by atoms with Crippen LogP contribution in [0.2, 0.25) is 0 Å². The van der Waals surface area contributed by atoms with Crippen LogP contribution in [0.1, 0.15) is 25.2 Å². The number of nitrogens with two attached hydrogens (primary N) is 1. The molecule has 0 atom stereocenters. The molecular formula is C16H17FN4O2. The number of aromatic hydroxyl groups is 1. The van der Waals surface area contributed by atoms with Crippen molar-refractivity contribution in [1.82, 2.24) is 14.5 Å². The predicted molar refractivity (Wildman–Crippen MR) is 84.9 cm³/mol. The molecule has 120 valence electrons. The number of hydrogen-bond acceptors (Lipinski definition) is 5. The number of fused-ring (bicyclic) bond motifs is 5. The summed E-state index contributed by atoms with van der Waals surface area (Å²) >= 11 is 0. The third-order valence-corrected chi connectivity index (χ3v) is 4.20. The van der Waals surface area contributed by atoms with Gasteiger partial charge in [0.2, 0.25) is 0 Å². The fraction of sp³-hybridized carbons (Fsp3) is 0.375. The molecule has 0 saturated heterocycles. The standard InChI is InChI=1S/C16H17FN4O2/c1-16(2,17)9-5-8(22)6-10-12(9)14-13(15(18)19-10)20-11-7-23-4-3-21(11)14/h5-6,22H,3-4,7H2,1-2H3,(H2,18,19). The summed E-state index contributed by atoms with van der Waals surface area (Å²) < 4.78 is 22.2. The van der Waals surface area contributed by atoms with Gasteiger partial charge in [0.05, 0.1) is 17.6 Å². The first-order valence-corrected chi connectivity index (χ1v) is 7.44. The summed E-state index contributed by atoms with van der Waals surface area (Å²) in [7, 11) is 0. The molecule has 4 rings (SSSR count). The van der Waals surface area contributed by atoms with Gasteiger partial charge >= 0.3 is 0 Å². The van der Waals surface area contributed by atoms with E-state index in [9.17, 15) is 9.50 Å². The van der Waals surface area contributed by atoms with Gasteiger partial charge in [-0.3, -0.25) is 0 Å². The zero-order valence-corrected chi connectivity index (χ0v) is 12.9. The van der Waals surface area contributed by atoms with Gasteiger partial charge in [0, 0.05) is 23.6 Å². The van der Waals surface area contributed by atoms with Crippen molar-refractivity contribution in [1.29, 1.82) is 0 Å². The average molecular weight is 316 g/mol. The van der Waals surface area contributed by atoms with Gasteiger partial charge in [-0.25, -0.2) is 14.4 Å². The fourth-order valence-corrected chi connectivity index (χ4v) is 3.20. The maximum Gasteiger partial charge on any atom is 0.152 e. The SMILES string of the molecule is CC(C)(F)c1cc(O)cc2nc(N)c3nc4n(c3c12)CCOC4. The van der Waals surface area contributed by atoms with Gasteiger partial charge in [-0.2, -0.15) is 0 Å². The Labute approximate surface area is 131 Å². The van der Waals surface area contributed by atoms with Crippen LogP contribution >= 0.6 is 0 Å². The van der Waals surface area contributed by atoms with Gasteiger partial charge in [0.1, 0.15) is 29.4 Å². The number of ether oxygens (including phenoxy) is 1. The first-order chi connectivity index (χ1) is 10.9. The van der Waals surface area contributed by atoms with E-state index >= 15 is 0 Å². The van der Waals surface area contributed by atoms with Crippen LogP contribution in [0.5, 0.6) is 5.75 Å². The van der Waals surface area contributed by atoms with Crippen LogP contribution in [-0.4, -0.2) is 26.2 Å². The number of phenols is 1. The number of alkyl halides is 1. The van der Waals surface area contributed by atoms with Crippen LogP contribution < -0.4 is 5.73 Å². The number of halogens is 1. The number of nitrogen functional groups attached to an aromatic ring is 1. The minimum atomic E-state index is -1.64. The van der Waals surface area contributed by atoms with E-state index in [2.05, 4.69) is 9.97 Å². The summed E-state index contributed by atoms with van der Waals surface area (Å²) in [6, 6.07) is 2.94. The molecule has 7 heteroatoms. The van der Waals surface area contributed by atoms with Crippen molar-refractivity contribution < 1.29 is 14.2 Å². The normalized spacial score (nSPS) is 15.3. The molecule has 0 aliphatic carbocycles. The first kappa shape index (κ1) is 14.2. The smallest absolute Gasteiger partial charge is 0.152 e. The van der Waals surface area contributed by atoms with E-state index in [0.29, 0.717) is 41.7 Å². The zero-order chi connectivity index (χ0) is 16.4. The van der Waals surface area contributed by atoms with Gasteiger partial charge in [-0.15, -0.1) is 0 Å². The van der Waals surface area contributed by atoms with E-state index in [1.165, 1.54) is 26.0 Å². The molecule has 23 heavy (non-hydrogen) atoms. The van der Waals surface area contributed by atoms with Crippen molar-refractivity contribution in [3.8, 4) is 5.75 Å². The third-order valence-electron chi connectivity index (χ3n) is 4.20. The molecule has 1 aliphatic heterocycles. The largest absolute Gasteiger partial charge is 0.508 e. The zero-order valence-electron chi connectivity index (χ0n) is 12.9. The number of nitrogens with zero attached hydrogens (tertiary/aromatic N) is 3. The summed E-state index contributed by atoms with van der Waals surface area (Å²) in [5, 5.41) is 10.6. The van der Waals surface area contributed by atoms with Crippen LogP contribution in [-0.2, 0) is 23.6 Å². The van der Waals surface area contributed by atoms with Crippen LogP contribution in [0.15, 0.2) is 12.1 Å². The summed E-state index contributed by atoms with van der Waals surface area (Å²) in [6.45, 7) is 4.49. The summed E-state index contributed by atoms with van der Waals surface area (Å²) in [5.74, 6) is 0.983. The van der Waals surface area contributed by atoms with Gasteiger partial charge in [0.25, 0.3) is 0 Å². The van der Waals surface area contributed by atoms with Gasteiger partial charge in [-0.05, 0) is 19.9 Å². The Morgan fingerprint density at radius 1 is 1.35 bits per heavy atom. The quantitative estimate of drug-likeness (QED) is 0.720. The molecule has 2 aromatic heterocycles. The number of phenolic OH excluding ortho intramolecular Hbond substituents is 1. The number of anilines is 1. The van der Waals surface area contributed by atoms with E-state index < -0.39 is 5.67 Å². The second-order valence-electron chi connectivity index (χ2n) is 6.29. The molecule has 6 nitrogen and oxygen atoms in total.